The molecule has 5 heteroatoms. The largest absolute Gasteiger partial charge is 0.187 e. The van der Waals surface area contributed by atoms with E-state index in [4.69, 9.17) is 0 Å². The molecule has 0 heterocycles. The minimum Gasteiger partial charge on any atom is 0 e. The van der Waals surface area contributed by atoms with Gasteiger partial charge < -0.3 is 0 Å². The Bertz CT molecular complexity index is 6.85. The van der Waals surface area contributed by atoms with Crippen molar-refractivity contribution in [1.29, 1.82) is 0 Å². The van der Waals surface area contributed by atoms with E-state index < -0.39 is 0 Å². The predicted octanol–water partition coefficient (Wildman–Crippen LogP) is -3.56. The van der Waals surface area contributed by atoms with Crippen LogP contribution in [0.4, 0.5) is 0 Å². The number of rotatable bonds is 0. The van der Waals surface area contributed by atoms with Crippen LogP contribution in [-0.4, -0.2) is 52.1 Å². The van der Waals surface area contributed by atoms with Gasteiger partial charge in [-0.3, -0.25) is 0 Å². The second kappa shape index (κ2) is 27.7. The average Bonchev–Trinajstić information content (AvgIpc) is 0. The Morgan fingerprint density at radius 2 is 0.600 bits per heavy atom. The third-order valence-corrected chi connectivity index (χ3v) is 0. The van der Waals surface area contributed by atoms with E-state index in [1.54, 1.807) is 0 Å². The molecule has 1 radical (unpaired) electrons. The van der Waals surface area contributed by atoms with Gasteiger partial charge in [0.2, 0.25) is 0 Å². The van der Waals surface area contributed by atoms with Gasteiger partial charge in [0.1, 0.15) is 0 Å². The maximum atomic E-state index is 0. The first-order valence-corrected chi connectivity index (χ1v) is 0. The standard InChI is InChI=1S/3Al.V.Zr.9H. The first-order valence-electron chi connectivity index (χ1n) is 0. The van der Waals surface area contributed by atoms with E-state index in [0.29, 0.717) is 0 Å². The molecule has 0 aromatic heterocycles. The topological polar surface area (TPSA) is 0 Å². The maximum absolute atomic E-state index is 0. The zero-order valence-corrected chi connectivity index (χ0v) is 4.80. The van der Waals surface area contributed by atoms with Crippen molar-refractivity contribution in [3.05, 3.63) is 0 Å². The second-order valence-corrected chi connectivity index (χ2v) is 0. The summed E-state index contributed by atoms with van der Waals surface area (Å²) in [5.74, 6) is 0. The Labute approximate surface area is 95.2 Å². The van der Waals surface area contributed by atoms with Gasteiger partial charge in [-0.25, -0.2) is 0 Å². The molecule has 0 aliphatic carbocycles. The molecule has 0 rings (SSSR count). The van der Waals surface area contributed by atoms with E-state index in [9.17, 15) is 0 Å². The van der Waals surface area contributed by atoms with Crippen molar-refractivity contribution >= 4 is 52.1 Å². The molecule has 0 bridgehead atoms. The Kier molecular flexibility index (Phi) is 237. The van der Waals surface area contributed by atoms with Gasteiger partial charge in [0.15, 0.2) is 52.1 Å². The smallest absolute Gasteiger partial charge is 0 e. The molecule has 0 aromatic carbocycles. The molecule has 0 N–H and O–H groups in total. The van der Waals surface area contributed by atoms with Crippen LogP contribution in [0, 0.1) is 0 Å². The fourth-order valence-corrected chi connectivity index (χ4v) is 0. The average molecular weight is 232 g/mol. The van der Waals surface area contributed by atoms with Crippen LogP contribution in [0.1, 0.15) is 0 Å². The van der Waals surface area contributed by atoms with Crippen LogP contribution in [0.2, 0.25) is 0 Å². The summed E-state index contributed by atoms with van der Waals surface area (Å²) in [5.41, 5.74) is 0. The first-order chi connectivity index (χ1) is 0. The fourth-order valence-electron chi connectivity index (χ4n) is 0. The minimum atomic E-state index is 0. The van der Waals surface area contributed by atoms with Gasteiger partial charge in [-0.15, -0.1) is 0 Å². The Hall–Kier alpha value is 3.06. The third-order valence-electron chi connectivity index (χ3n) is 0. The van der Waals surface area contributed by atoms with Crippen LogP contribution in [0.15, 0.2) is 0 Å². The predicted molar refractivity (Wildman–Crippen MR) is 29.8 cm³/mol. The van der Waals surface area contributed by atoms with Crippen LogP contribution in [0.3, 0.4) is 0 Å². The summed E-state index contributed by atoms with van der Waals surface area (Å²) in [4.78, 5) is 0. The minimum absolute atomic E-state index is 0. The van der Waals surface area contributed by atoms with Gasteiger partial charge in [0, 0.05) is 44.8 Å². The molecular formula is H9Al3VZr. The molecule has 5 heavy (non-hydrogen) atoms. The molecule has 0 fully saturated rings. The summed E-state index contributed by atoms with van der Waals surface area (Å²) in [7, 11) is 0. The van der Waals surface area contributed by atoms with Crippen molar-refractivity contribution in [1.82, 2.24) is 0 Å². The van der Waals surface area contributed by atoms with E-state index in [2.05, 4.69) is 0 Å². The summed E-state index contributed by atoms with van der Waals surface area (Å²) >= 11 is 0. The molecule has 0 aliphatic rings. The van der Waals surface area contributed by atoms with Crippen molar-refractivity contribution in [2.24, 2.45) is 0 Å². The maximum Gasteiger partial charge on any atom is 0.187 e. The summed E-state index contributed by atoms with van der Waals surface area (Å²) in [5, 5.41) is 0. The third kappa shape index (κ3) is 19.3. The van der Waals surface area contributed by atoms with E-state index >= 15 is 0 Å². The molecule has 0 spiro atoms. The number of hydrogen-bond acceptors (Lipinski definition) is 0. The van der Waals surface area contributed by atoms with Gasteiger partial charge >= 0.3 is 0 Å². The summed E-state index contributed by atoms with van der Waals surface area (Å²) < 4.78 is 0. The van der Waals surface area contributed by atoms with Crippen molar-refractivity contribution in [2.45, 2.75) is 0 Å². The summed E-state index contributed by atoms with van der Waals surface area (Å²) in [6.07, 6.45) is 0. The van der Waals surface area contributed by atoms with Crippen LogP contribution < -0.4 is 0 Å². The molecule has 27 valence electrons. The molecule has 0 saturated carbocycles. The van der Waals surface area contributed by atoms with Crippen LogP contribution in [0.5, 0.6) is 0 Å². The molecule has 0 amide bonds. The summed E-state index contributed by atoms with van der Waals surface area (Å²) in [6, 6.07) is 0. The quantitative estimate of drug-likeness (QED) is 0.379. The van der Waals surface area contributed by atoms with Gasteiger partial charge in [-0.05, 0) is 0 Å². The molecular weight excluding hydrogens is 223 g/mol. The van der Waals surface area contributed by atoms with E-state index in [1.165, 1.54) is 0 Å². The Morgan fingerprint density at radius 1 is 0.600 bits per heavy atom. The second-order valence-electron chi connectivity index (χ2n) is 0. The van der Waals surface area contributed by atoms with Gasteiger partial charge in [-0.2, -0.15) is 0 Å². The van der Waals surface area contributed by atoms with E-state index in [1.807, 2.05) is 0 Å². The zero-order valence-electron chi connectivity index (χ0n) is 0.947. The van der Waals surface area contributed by atoms with E-state index in [-0.39, 0.29) is 96.8 Å². The van der Waals surface area contributed by atoms with Crippen molar-refractivity contribution in [2.75, 3.05) is 0 Å². The van der Waals surface area contributed by atoms with Crippen LogP contribution in [0.25, 0.3) is 0 Å². The van der Waals surface area contributed by atoms with Crippen molar-refractivity contribution < 1.29 is 44.8 Å². The van der Waals surface area contributed by atoms with Crippen molar-refractivity contribution in [3.63, 3.8) is 0 Å². The molecule has 0 nitrogen and oxygen atoms in total. The number of hydrogen-bond donors (Lipinski definition) is 0. The zero-order chi connectivity index (χ0) is 0. The SMILES string of the molecule is [AlH3].[AlH3].[AlH3].[V].[Zr]. The van der Waals surface area contributed by atoms with Crippen molar-refractivity contribution in [3.8, 4) is 0 Å². The Morgan fingerprint density at radius 3 is 0.600 bits per heavy atom. The van der Waals surface area contributed by atoms with E-state index in [0.717, 1.165) is 0 Å². The van der Waals surface area contributed by atoms with Gasteiger partial charge in [-0.1, -0.05) is 0 Å². The van der Waals surface area contributed by atoms with Gasteiger partial charge in [0.25, 0.3) is 0 Å². The van der Waals surface area contributed by atoms with Crippen LogP contribution >= 0.6 is 0 Å². The van der Waals surface area contributed by atoms with Crippen LogP contribution in [-0.2, 0) is 44.8 Å². The Balaban J connectivity index is 0. The summed E-state index contributed by atoms with van der Waals surface area (Å²) in [6.45, 7) is 0. The molecule has 0 aromatic rings. The fraction of sp³-hybridized carbons (Fsp3) is 0. The monoisotopic (exact) mass is 231 g/mol. The molecule has 0 aliphatic heterocycles. The molecule has 0 saturated heterocycles. The molecule has 0 atom stereocenters. The van der Waals surface area contributed by atoms with Gasteiger partial charge in [0.05, 0.1) is 0 Å². The normalized spacial score (nSPS) is 0. The molecule has 0 unspecified atom stereocenters. The first kappa shape index (κ1) is 42.9.